The van der Waals surface area contributed by atoms with Gasteiger partial charge in [0.1, 0.15) is 5.75 Å². The third-order valence-corrected chi connectivity index (χ3v) is 4.58. The monoisotopic (exact) mass is 348 g/mol. The Hall–Kier alpha value is -2.54. The van der Waals surface area contributed by atoms with E-state index in [0.29, 0.717) is 30.2 Å². The van der Waals surface area contributed by atoms with Gasteiger partial charge in [-0.25, -0.2) is 8.42 Å². The van der Waals surface area contributed by atoms with E-state index in [2.05, 4.69) is 10.0 Å². The Kier molecular flexibility index (Phi) is 5.81. The molecule has 0 aliphatic rings. The number of ether oxygens (including phenoxy) is 1. The van der Waals surface area contributed by atoms with Crippen molar-refractivity contribution >= 4 is 21.6 Å². The Balaban J connectivity index is 2.12. The fourth-order valence-corrected chi connectivity index (χ4v) is 3.11. The number of sulfonamides is 1. The zero-order valence-electron chi connectivity index (χ0n) is 13.6. The lowest BCUT2D eigenvalue weighted by Gasteiger charge is -2.10. The van der Waals surface area contributed by atoms with Crippen LogP contribution in [0.5, 0.6) is 5.75 Å². The molecule has 2 aromatic rings. The molecule has 7 heteroatoms. The molecule has 1 amide bonds. The predicted molar refractivity (Wildman–Crippen MR) is 92.9 cm³/mol. The molecule has 0 aromatic heterocycles. The Morgan fingerprint density at radius 3 is 2.17 bits per heavy atom. The molecule has 0 bridgehead atoms. The molecule has 2 aromatic carbocycles. The summed E-state index contributed by atoms with van der Waals surface area (Å²) in [6, 6.07) is 12.4. The van der Waals surface area contributed by atoms with E-state index in [1.807, 2.05) is 13.8 Å². The van der Waals surface area contributed by atoms with Gasteiger partial charge in [-0.2, -0.15) is 0 Å². The van der Waals surface area contributed by atoms with Crippen molar-refractivity contribution in [3.05, 3.63) is 54.1 Å². The van der Waals surface area contributed by atoms with E-state index in [1.165, 1.54) is 12.1 Å². The maximum absolute atomic E-state index is 12.4. The Morgan fingerprint density at radius 1 is 1.00 bits per heavy atom. The highest BCUT2D eigenvalue weighted by molar-refractivity contribution is 7.92. The van der Waals surface area contributed by atoms with Crippen molar-refractivity contribution in [1.29, 1.82) is 0 Å². The van der Waals surface area contributed by atoms with Crippen LogP contribution in [0, 0.1) is 0 Å². The molecule has 0 heterocycles. The topological polar surface area (TPSA) is 84.5 Å². The summed E-state index contributed by atoms with van der Waals surface area (Å²) in [5.74, 6) is 0.418. The van der Waals surface area contributed by atoms with Crippen molar-refractivity contribution in [1.82, 2.24) is 5.32 Å². The van der Waals surface area contributed by atoms with Gasteiger partial charge in [0.05, 0.1) is 11.5 Å². The molecule has 0 aliphatic heterocycles. The van der Waals surface area contributed by atoms with E-state index in [1.54, 1.807) is 36.4 Å². The highest BCUT2D eigenvalue weighted by Crippen LogP contribution is 2.19. The van der Waals surface area contributed by atoms with Gasteiger partial charge in [-0.05, 0) is 62.4 Å². The summed E-state index contributed by atoms with van der Waals surface area (Å²) in [5, 5.41) is 2.68. The number of hydrogen-bond acceptors (Lipinski definition) is 4. The first-order valence-electron chi connectivity index (χ1n) is 7.60. The maximum atomic E-state index is 12.4. The standard InChI is InChI=1S/C17H20N2O4S/c1-3-18-17(20)13-5-7-14(8-6-13)19-24(21,22)16-11-9-15(10-12-16)23-4-2/h5-12,19H,3-4H2,1-2H3,(H,18,20). The Morgan fingerprint density at radius 2 is 1.62 bits per heavy atom. The van der Waals surface area contributed by atoms with Gasteiger partial charge in [0.2, 0.25) is 0 Å². The molecule has 0 fully saturated rings. The van der Waals surface area contributed by atoms with Gasteiger partial charge in [-0.1, -0.05) is 0 Å². The molecule has 0 aliphatic carbocycles. The van der Waals surface area contributed by atoms with Crippen molar-refractivity contribution in [3.63, 3.8) is 0 Å². The van der Waals surface area contributed by atoms with Crippen LogP contribution in [0.2, 0.25) is 0 Å². The smallest absolute Gasteiger partial charge is 0.261 e. The minimum absolute atomic E-state index is 0.138. The van der Waals surface area contributed by atoms with Crippen LogP contribution in [0.4, 0.5) is 5.69 Å². The minimum atomic E-state index is -3.69. The number of hydrogen-bond donors (Lipinski definition) is 2. The summed E-state index contributed by atoms with van der Waals surface area (Å²) in [6.45, 7) is 4.74. The van der Waals surface area contributed by atoms with Gasteiger partial charge in [-0.15, -0.1) is 0 Å². The number of rotatable bonds is 7. The maximum Gasteiger partial charge on any atom is 0.261 e. The molecule has 2 N–H and O–H groups in total. The van der Waals surface area contributed by atoms with E-state index in [-0.39, 0.29) is 10.8 Å². The normalized spacial score (nSPS) is 10.9. The molecule has 128 valence electrons. The second kappa shape index (κ2) is 7.83. The first-order valence-corrected chi connectivity index (χ1v) is 9.08. The molecule has 0 spiro atoms. The van der Waals surface area contributed by atoms with Crippen molar-refractivity contribution in [2.45, 2.75) is 18.7 Å². The Labute approximate surface area is 141 Å². The van der Waals surface area contributed by atoms with Crippen LogP contribution in [0.25, 0.3) is 0 Å². The molecular formula is C17H20N2O4S. The lowest BCUT2D eigenvalue weighted by Crippen LogP contribution is -2.22. The van der Waals surface area contributed by atoms with E-state index < -0.39 is 10.0 Å². The summed E-state index contributed by atoms with van der Waals surface area (Å²) >= 11 is 0. The summed E-state index contributed by atoms with van der Waals surface area (Å²) in [5.41, 5.74) is 0.859. The minimum Gasteiger partial charge on any atom is -0.494 e. The highest BCUT2D eigenvalue weighted by Gasteiger charge is 2.14. The second-order valence-electron chi connectivity index (χ2n) is 4.95. The number of amides is 1. The number of anilines is 1. The van der Waals surface area contributed by atoms with E-state index >= 15 is 0 Å². The lowest BCUT2D eigenvalue weighted by atomic mass is 10.2. The van der Waals surface area contributed by atoms with E-state index in [0.717, 1.165) is 0 Å². The summed E-state index contributed by atoms with van der Waals surface area (Å²) in [6.07, 6.45) is 0. The van der Waals surface area contributed by atoms with Gasteiger partial charge < -0.3 is 10.1 Å². The molecule has 2 rings (SSSR count). The average Bonchev–Trinajstić information content (AvgIpc) is 2.56. The number of carbonyl (C=O) groups is 1. The summed E-state index contributed by atoms with van der Waals surface area (Å²) in [7, 11) is -3.69. The van der Waals surface area contributed by atoms with Crippen LogP contribution in [0.1, 0.15) is 24.2 Å². The third-order valence-electron chi connectivity index (χ3n) is 3.18. The van der Waals surface area contributed by atoms with Gasteiger partial charge in [0.25, 0.3) is 15.9 Å². The fraction of sp³-hybridized carbons (Fsp3) is 0.235. The van der Waals surface area contributed by atoms with Crippen LogP contribution in [-0.2, 0) is 10.0 Å². The Bertz CT molecular complexity index is 784. The van der Waals surface area contributed by atoms with Gasteiger partial charge in [-0.3, -0.25) is 9.52 Å². The summed E-state index contributed by atoms with van der Waals surface area (Å²) in [4.78, 5) is 11.8. The zero-order valence-corrected chi connectivity index (χ0v) is 14.4. The third kappa shape index (κ3) is 4.48. The number of benzene rings is 2. The largest absolute Gasteiger partial charge is 0.494 e. The summed E-state index contributed by atoms with van der Waals surface area (Å²) < 4.78 is 32.5. The van der Waals surface area contributed by atoms with E-state index in [4.69, 9.17) is 4.74 Å². The van der Waals surface area contributed by atoms with Crippen molar-refractivity contribution in [3.8, 4) is 5.75 Å². The molecule has 0 saturated carbocycles. The average molecular weight is 348 g/mol. The fourth-order valence-electron chi connectivity index (χ4n) is 2.05. The lowest BCUT2D eigenvalue weighted by molar-refractivity contribution is 0.0956. The van der Waals surface area contributed by atoms with Crippen molar-refractivity contribution < 1.29 is 17.9 Å². The van der Waals surface area contributed by atoms with Crippen LogP contribution < -0.4 is 14.8 Å². The highest BCUT2D eigenvalue weighted by atomic mass is 32.2. The SMILES string of the molecule is CCNC(=O)c1ccc(NS(=O)(=O)c2ccc(OCC)cc2)cc1. The molecule has 0 radical (unpaired) electrons. The molecule has 0 unspecified atom stereocenters. The molecule has 24 heavy (non-hydrogen) atoms. The van der Waals surface area contributed by atoms with Crippen molar-refractivity contribution in [2.75, 3.05) is 17.9 Å². The van der Waals surface area contributed by atoms with Gasteiger partial charge in [0, 0.05) is 17.8 Å². The molecule has 0 saturated heterocycles. The van der Waals surface area contributed by atoms with Crippen LogP contribution >= 0.6 is 0 Å². The van der Waals surface area contributed by atoms with Crippen LogP contribution in [-0.4, -0.2) is 27.5 Å². The van der Waals surface area contributed by atoms with E-state index in [9.17, 15) is 13.2 Å². The predicted octanol–water partition coefficient (Wildman–Crippen LogP) is 2.64. The second-order valence-corrected chi connectivity index (χ2v) is 6.63. The zero-order chi connectivity index (χ0) is 17.6. The first-order chi connectivity index (χ1) is 11.5. The van der Waals surface area contributed by atoms with Gasteiger partial charge >= 0.3 is 0 Å². The quantitative estimate of drug-likeness (QED) is 0.805. The van der Waals surface area contributed by atoms with Gasteiger partial charge in [0.15, 0.2) is 0 Å². The molecule has 6 nitrogen and oxygen atoms in total. The molecule has 0 atom stereocenters. The first kappa shape index (κ1) is 17.8. The van der Waals surface area contributed by atoms with Crippen molar-refractivity contribution in [2.24, 2.45) is 0 Å². The number of carbonyl (C=O) groups excluding carboxylic acids is 1. The van der Waals surface area contributed by atoms with Crippen LogP contribution in [0.15, 0.2) is 53.4 Å². The molecular weight excluding hydrogens is 328 g/mol. The number of nitrogens with one attached hydrogen (secondary N) is 2. The van der Waals surface area contributed by atoms with Crippen LogP contribution in [0.3, 0.4) is 0 Å².